The minimum absolute atomic E-state index is 0.470. The molecule has 0 unspecified atom stereocenters. The Labute approximate surface area is 99.8 Å². The molecule has 0 aliphatic rings. The monoisotopic (exact) mass is 234 g/mol. The first-order chi connectivity index (χ1) is 7.67. The zero-order chi connectivity index (χ0) is 12.0. The number of aliphatic hydroxyl groups is 1. The van der Waals surface area contributed by atoms with Gasteiger partial charge in [0.05, 0.1) is 8.07 Å². The van der Waals surface area contributed by atoms with Crippen molar-refractivity contribution in [3.8, 4) is 0 Å². The molecular weight excluding hydrogens is 212 g/mol. The molecule has 0 aromatic heterocycles. The van der Waals surface area contributed by atoms with Crippen molar-refractivity contribution in [3.05, 3.63) is 41.6 Å². The van der Waals surface area contributed by atoms with Crippen LogP contribution in [0.5, 0.6) is 0 Å². The highest BCUT2D eigenvalue weighted by Gasteiger charge is 2.24. The van der Waals surface area contributed by atoms with Crippen LogP contribution in [0, 0.1) is 0 Å². The highest BCUT2D eigenvalue weighted by molar-refractivity contribution is 6.85. The van der Waals surface area contributed by atoms with Gasteiger partial charge < -0.3 is 5.11 Å². The lowest BCUT2D eigenvalue weighted by molar-refractivity contribution is 0.512. The molecule has 0 heterocycles. The summed E-state index contributed by atoms with van der Waals surface area (Å²) in [4.78, 5) is 0. The first-order valence-corrected chi connectivity index (χ1v) is 8.84. The fourth-order valence-corrected chi connectivity index (χ4v) is 4.90. The third-order valence-electron chi connectivity index (χ3n) is 3.62. The highest BCUT2D eigenvalue weighted by Crippen LogP contribution is 2.25. The van der Waals surface area contributed by atoms with E-state index in [2.05, 4.69) is 26.5 Å². The van der Waals surface area contributed by atoms with Gasteiger partial charge >= 0.3 is 0 Å². The van der Waals surface area contributed by atoms with Crippen molar-refractivity contribution in [2.45, 2.75) is 38.9 Å². The SMILES string of the molecule is CC[Si](/C=C(\O)c1ccccc1)(CC)CC. The van der Waals surface area contributed by atoms with Gasteiger partial charge in [0.1, 0.15) is 5.76 Å². The summed E-state index contributed by atoms with van der Waals surface area (Å²) in [7, 11) is -1.38. The Morgan fingerprint density at radius 1 is 1.06 bits per heavy atom. The molecule has 2 heteroatoms. The van der Waals surface area contributed by atoms with Crippen molar-refractivity contribution in [1.29, 1.82) is 0 Å². The van der Waals surface area contributed by atoms with Gasteiger partial charge in [-0.05, 0) is 0 Å². The van der Waals surface area contributed by atoms with Crippen molar-refractivity contribution < 1.29 is 5.11 Å². The molecule has 1 aromatic carbocycles. The van der Waals surface area contributed by atoms with E-state index in [-0.39, 0.29) is 0 Å². The number of rotatable bonds is 5. The van der Waals surface area contributed by atoms with Crippen LogP contribution in [-0.2, 0) is 0 Å². The predicted molar refractivity (Wildman–Crippen MR) is 74.2 cm³/mol. The largest absolute Gasteiger partial charge is 0.508 e. The summed E-state index contributed by atoms with van der Waals surface area (Å²) in [5, 5.41) is 10.1. The maximum atomic E-state index is 10.1. The summed E-state index contributed by atoms with van der Waals surface area (Å²) in [6.07, 6.45) is 0. The normalized spacial score (nSPS) is 12.8. The molecule has 1 nitrogen and oxygen atoms in total. The third-order valence-corrected chi connectivity index (χ3v) is 8.74. The van der Waals surface area contributed by atoms with Gasteiger partial charge in [0.15, 0.2) is 0 Å². The lowest BCUT2D eigenvalue weighted by atomic mass is 10.2. The van der Waals surface area contributed by atoms with Gasteiger partial charge in [-0.3, -0.25) is 0 Å². The zero-order valence-corrected chi connectivity index (χ0v) is 11.5. The Balaban J connectivity index is 2.99. The summed E-state index contributed by atoms with van der Waals surface area (Å²) in [6.45, 7) is 6.73. The Morgan fingerprint density at radius 3 is 2.00 bits per heavy atom. The summed E-state index contributed by atoms with van der Waals surface area (Å²) >= 11 is 0. The first kappa shape index (κ1) is 13.0. The Bertz CT molecular complexity index is 331. The van der Waals surface area contributed by atoms with Gasteiger partial charge in [-0.2, -0.15) is 0 Å². The van der Waals surface area contributed by atoms with Crippen molar-refractivity contribution in [2.75, 3.05) is 0 Å². The molecule has 0 amide bonds. The second-order valence-corrected chi connectivity index (χ2v) is 9.45. The topological polar surface area (TPSA) is 20.2 Å². The standard InChI is InChI=1S/C14H22OSi/c1-4-16(5-2,6-3)12-14(15)13-10-8-7-9-11-13/h7-12,15H,4-6H2,1-3H3/b14-12-. The lowest BCUT2D eigenvalue weighted by Crippen LogP contribution is -2.29. The molecule has 1 N–H and O–H groups in total. The number of aliphatic hydroxyl groups excluding tert-OH is 1. The van der Waals surface area contributed by atoms with Crippen LogP contribution >= 0.6 is 0 Å². The van der Waals surface area contributed by atoms with E-state index in [1.165, 1.54) is 18.1 Å². The van der Waals surface area contributed by atoms with Crippen molar-refractivity contribution >= 4 is 13.8 Å². The summed E-state index contributed by atoms with van der Waals surface area (Å²) in [5.74, 6) is 0.470. The molecule has 88 valence electrons. The molecule has 0 fully saturated rings. The van der Waals surface area contributed by atoms with E-state index < -0.39 is 8.07 Å². The van der Waals surface area contributed by atoms with Crippen LogP contribution in [0.3, 0.4) is 0 Å². The van der Waals surface area contributed by atoms with Crippen LogP contribution in [0.25, 0.3) is 5.76 Å². The van der Waals surface area contributed by atoms with Gasteiger partial charge in [-0.15, -0.1) is 0 Å². The predicted octanol–water partition coefficient (Wildman–Crippen LogP) is 4.63. The van der Waals surface area contributed by atoms with Gasteiger partial charge in [0.25, 0.3) is 0 Å². The minimum Gasteiger partial charge on any atom is -0.508 e. The molecule has 0 aliphatic heterocycles. The maximum Gasteiger partial charge on any atom is 0.115 e. The molecule has 0 atom stereocenters. The zero-order valence-electron chi connectivity index (χ0n) is 10.5. The Hall–Kier alpha value is -1.02. The quantitative estimate of drug-likeness (QED) is 0.581. The van der Waals surface area contributed by atoms with Crippen molar-refractivity contribution in [1.82, 2.24) is 0 Å². The minimum atomic E-state index is -1.38. The van der Waals surface area contributed by atoms with E-state index >= 15 is 0 Å². The van der Waals surface area contributed by atoms with Crippen LogP contribution in [0.4, 0.5) is 0 Å². The van der Waals surface area contributed by atoms with Crippen LogP contribution in [0.1, 0.15) is 26.3 Å². The van der Waals surface area contributed by atoms with Crippen LogP contribution in [0.15, 0.2) is 36.0 Å². The molecule has 0 aliphatic carbocycles. The molecule has 0 radical (unpaired) electrons. The van der Waals surface area contributed by atoms with Gasteiger partial charge in [-0.1, -0.05) is 74.9 Å². The van der Waals surface area contributed by atoms with Gasteiger partial charge in [0.2, 0.25) is 0 Å². The molecule has 0 saturated heterocycles. The maximum absolute atomic E-state index is 10.1. The molecule has 16 heavy (non-hydrogen) atoms. The highest BCUT2D eigenvalue weighted by atomic mass is 28.3. The summed E-state index contributed by atoms with van der Waals surface area (Å²) < 4.78 is 0. The van der Waals surface area contributed by atoms with E-state index in [0.717, 1.165) is 5.56 Å². The number of hydrogen-bond donors (Lipinski definition) is 1. The average Bonchev–Trinajstić information content (AvgIpc) is 2.37. The number of benzene rings is 1. The molecule has 1 rings (SSSR count). The van der Waals surface area contributed by atoms with Crippen LogP contribution in [-0.4, -0.2) is 13.2 Å². The second-order valence-electron chi connectivity index (χ2n) is 4.32. The third kappa shape index (κ3) is 2.98. The summed E-state index contributed by atoms with van der Waals surface area (Å²) in [6, 6.07) is 13.4. The first-order valence-electron chi connectivity index (χ1n) is 6.14. The van der Waals surface area contributed by atoms with Gasteiger partial charge in [-0.25, -0.2) is 0 Å². The molecule has 0 saturated carbocycles. The van der Waals surface area contributed by atoms with E-state index in [1.807, 2.05) is 30.3 Å². The lowest BCUT2D eigenvalue weighted by Gasteiger charge is -2.24. The molecule has 0 spiro atoms. The van der Waals surface area contributed by atoms with Crippen molar-refractivity contribution in [3.63, 3.8) is 0 Å². The van der Waals surface area contributed by atoms with E-state index in [0.29, 0.717) is 5.76 Å². The Kier molecular flexibility index (Phi) is 4.81. The number of hydrogen-bond acceptors (Lipinski definition) is 1. The second kappa shape index (κ2) is 5.90. The Morgan fingerprint density at radius 2 is 1.56 bits per heavy atom. The fraction of sp³-hybridized carbons (Fsp3) is 0.429. The molecule has 1 aromatic rings. The van der Waals surface area contributed by atoms with Gasteiger partial charge in [0, 0.05) is 5.56 Å². The van der Waals surface area contributed by atoms with Crippen LogP contribution < -0.4 is 0 Å². The summed E-state index contributed by atoms with van der Waals surface area (Å²) in [5.41, 5.74) is 3.11. The average molecular weight is 234 g/mol. The molecule has 0 bridgehead atoms. The fourth-order valence-electron chi connectivity index (χ4n) is 2.04. The van der Waals surface area contributed by atoms with E-state index in [9.17, 15) is 5.11 Å². The van der Waals surface area contributed by atoms with Crippen LogP contribution in [0.2, 0.25) is 18.1 Å². The smallest absolute Gasteiger partial charge is 0.115 e. The van der Waals surface area contributed by atoms with Crippen molar-refractivity contribution in [2.24, 2.45) is 0 Å². The van der Waals surface area contributed by atoms with E-state index in [1.54, 1.807) is 0 Å². The van der Waals surface area contributed by atoms with E-state index in [4.69, 9.17) is 0 Å². The molecular formula is C14H22OSi.